The van der Waals surface area contributed by atoms with Crippen LogP contribution in [0.25, 0.3) is 0 Å². The Balaban J connectivity index is 3.51. The van der Waals surface area contributed by atoms with Gasteiger partial charge in [-0.05, 0) is 34.6 Å². The van der Waals surface area contributed by atoms with E-state index >= 15 is 0 Å². The molecule has 0 aliphatic rings. The molecule has 0 aromatic carbocycles. The van der Waals surface area contributed by atoms with E-state index in [-0.39, 0.29) is 18.1 Å². The van der Waals surface area contributed by atoms with Crippen LogP contribution in [-0.2, 0) is 9.57 Å². The number of nitrogens with one attached hydrogen (secondary N) is 1. The van der Waals surface area contributed by atoms with Crippen LogP contribution in [0.1, 0.15) is 34.6 Å². The maximum atomic E-state index is 11.1. The highest BCUT2D eigenvalue weighted by Crippen LogP contribution is 1.92. The molecule has 0 aliphatic carbocycles. The summed E-state index contributed by atoms with van der Waals surface area (Å²) < 4.78 is 5.06. The molecule has 1 N–H and O–H groups in total. The first-order valence-corrected chi connectivity index (χ1v) is 4.13. The SMILES string of the molecule is CC(C)OCO[NH+]([O-])C(C)(C)C. The Morgan fingerprint density at radius 3 is 2.17 bits per heavy atom. The Labute approximate surface area is 74.0 Å². The number of hydroxylamine groups is 2. The molecular formula is C8H19NO3. The van der Waals surface area contributed by atoms with Gasteiger partial charge in [0.05, 0.1) is 6.10 Å². The van der Waals surface area contributed by atoms with E-state index in [4.69, 9.17) is 9.57 Å². The lowest BCUT2D eigenvalue weighted by molar-refractivity contribution is -1.09. The molecule has 0 aromatic rings. The lowest BCUT2D eigenvalue weighted by Gasteiger charge is -2.32. The molecule has 1 unspecified atom stereocenters. The molecule has 0 saturated heterocycles. The van der Waals surface area contributed by atoms with Gasteiger partial charge in [0.25, 0.3) is 0 Å². The third kappa shape index (κ3) is 5.49. The van der Waals surface area contributed by atoms with E-state index < -0.39 is 5.54 Å². The van der Waals surface area contributed by atoms with Crippen molar-refractivity contribution in [3.05, 3.63) is 5.21 Å². The molecule has 0 bridgehead atoms. The molecule has 0 spiro atoms. The summed E-state index contributed by atoms with van der Waals surface area (Å²) in [6.45, 7) is 9.27. The minimum Gasteiger partial charge on any atom is -0.599 e. The van der Waals surface area contributed by atoms with Crippen molar-refractivity contribution in [3.8, 4) is 0 Å². The van der Waals surface area contributed by atoms with Crippen molar-refractivity contribution < 1.29 is 14.8 Å². The molecule has 0 heterocycles. The molecule has 4 nitrogen and oxygen atoms in total. The number of ether oxygens (including phenoxy) is 1. The molecule has 1 atom stereocenters. The molecule has 12 heavy (non-hydrogen) atoms. The van der Waals surface area contributed by atoms with Crippen LogP contribution in [0.5, 0.6) is 0 Å². The summed E-state index contributed by atoms with van der Waals surface area (Å²) in [5.74, 6) is 0. The molecule has 0 saturated carbocycles. The highest BCUT2D eigenvalue weighted by molar-refractivity contribution is 4.52. The van der Waals surface area contributed by atoms with Gasteiger partial charge >= 0.3 is 0 Å². The number of hydrogen-bond donors (Lipinski definition) is 1. The van der Waals surface area contributed by atoms with Crippen LogP contribution >= 0.6 is 0 Å². The van der Waals surface area contributed by atoms with Crippen molar-refractivity contribution in [2.24, 2.45) is 0 Å². The maximum Gasteiger partial charge on any atom is 0.205 e. The average molecular weight is 177 g/mol. The van der Waals surface area contributed by atoms with Crippen molar-refractivity contribution in [2.75, 3.05) is 6.79 Å². The first-order chi connectivity index (χ1) is 5.34. The van der Waals surface area contributed by atoms with E-state index in [1.165, 1.54) is 0 Å². The summed E-state index contributed by atoms with van der Waals surface area (Å²) in [5.41, 5.74) is -0.444. The maximum absolute atomic E-state index is 11.1. The van der Waals surface area contributed by atoms with Gasteiger partial charge in [-0.1, -0.05) is 0 Å². The van der Waals surface area contributed by atoms with Crippen molar-refractivity contribution in [3.63, 3.8) is 0 Å². The van der Waals surface area contributed by atoms with Crippen LogP contribution in [0.2, 0.25) is 0 Å². The average Bonchev–Trinajstić information content (AvgIpc) is 1.84. The molecule has 74 valence electrons. The Bertz CT molecular complexity index is 120. The van der Waals surface area contributed by atoms with Crippen LogP contribution in [0.15, 0.2) is 0 Å². The van der Waals surface area contributed by atoms with Crippen LogP contribution in [0.3, 0.4) is 0 Å². The van der Waals surface area contributed by atoms with Gasteiger partial charge in [0.2, 0.25) is 6.79 Å². The first-order valence-electron chi connectivity index (χ1n) is 4.13. The highest BCUT2D eigenvalue weighted by Gasteiger charge is 2.19. The van der Waals surface area contributed by atoms with Crippen LogP contribution in [-0.4, -0.2) is 18.4 Å². The van der Waals surface area contributed by atoms with E-state index in [0.717, 1.165) is 0 Å². The molecule has 0 radical (unpaired) electrons. The van der Waals surface area contributed by atoms with Crippen molar-refractivity contribution in [1.82, 2.24) is 0 Å². The second-order valence-electron chi connectivity index (χ2n) is 4.02. The topological polar surface area (TPSA) is 46.0 Å². The standard InChI is InChI=1S/C8H19NO3/c1-7(2)11-6-12-9(10)8(3,4)5/h7,9H,6H2,1-5H3. The summed E-state index contributed by atoms with van der Waals surface area (Å²) in [6.07, 6.45) is 0.0952. The van der Waals surface area contributed by atoms with E-state index in [1.54, 1.807) is 0 Å². The fourth-order valence-electron chi connectivity index (χ4n) is 0.440. The summed E-state index contributed by atoms with van der Waals surface area (Å²) in [5, 5.41) is 10.9. The summed E-state index contributed by atoms with van der Waals surface area (Å²) in [6, 6.07) is 0. The van der Waals surface area contributed by atoms with E-state index in [2.05, 4.69) is 0 Å². The van der Waals surface area contributed by atoms with Gasteiger partial charge in [-0.3, -0.25) is 0 Å². The first kappa shape index (κ1) is 11.8. The minimum atomic E-state index is -0.444. The lowest BCUT2D eigenvalue weighted by Crippen LogP contribution is -3.13. The van der Waals surface area contributed by atoms with E-state index in [9.17, 15) is 5.21 Å². The van der Waals surface area contributed by atoms with Gasteiger partial charge < -0.3 is 9.94 Å². The van der Waals surface area contributed by atoms with Gasteiger partial charge in [-0.2, -0.15) is 4.84 Å². The third-order valence-electron chi connectivity index (χ3n) is 1.20. The van der Waals surface area contributed by atoms with Crippen molar-refractivity contribution in [2.45, 2.75) is 46.3 Å². The summed E-state index contributed by atoms with van der Waals surface area (Å²) in [7, 11) is 0. The molecule has 0 amide bonds. The summed E-state index contributed by atoms with van der Waals surface area (Å²) in [4.78, 5) is 4.86. The van der Waals surface area contributed by atoms with Gasteiger partial charge in [-0.15, -0.1) is 0 Å². The van der Waals surface area contributed by atoms with Crippen molar-refractivity contribution in [1.29, 1.82) is 0 Å². The summed E-state index contributed by atoms with van der Waals surface area (Å²) >= 11 is 0. The zero-order valence-corrected chi connectivity index (χ0v) is 8.51. The largest absolute Gasteiger partial charge is 0.599 e. The fraction of sp³-hybridized carbons (Fsp3) is 1.00. The molecule has 0 rings (SSSR count). The second kappa shape index (κ2) is 4.77. The van der Waals surface area contributed by atoms with Gasteiger partial charge in [0.15, 0.2) is 0 Å². The zero-order valence-electron chi connectivity index (χ0n) is 8.51. The van der Waals surface area contributed by atoms with Crippen LogP contribution in [0, 0.1) is 5.21 Å². The molecule has 4 heteroatoms. The Morgan fingerprint density at radius 2 is 1.83 bits per heavy atom. The highest BCUT2D eigenvalue weighted by atomic mass is 16.9. The van der Waals surface area contributed by atoms with Crippen LogP contribution < -0.4 is 5.23 Å². The quantitative estimate of drug-likeness (QED) is 0.502. The minimum absolute atomic E-state index is 0.0494. The zero-order chi connectivity index (χ0) is 9.78. The molecule has 0 aliphatic heterocycles. The number of rotatable bonds is 4. The fourth-order valence-corrected chi connectivity index (χ4v) is 0.440. The second-order valence-corrected chi connectivity index (χ2v) is 4.02. The Kier molecular flexibility index (Phi) is 4.70. The number of quaternary nitrogens is 1. The smallest absolute Gasteiger partial charge is 0.205 e. The normalized spacial score (nSPS) is 15.2. The van der Waals surface area contributed by atoms with Crippen molar-refractivity contribution >= 4 is 0 Å². The van der Waals surface area contributed by atoms with Crippen LogP contribution in [0.4, 0.5) is 0 Å². The predicted molar refractivity (Wildman–Crippen MR) is 46.3 cm³/mol. The Morgan fingerprint density at radius 1 is 1.33 bits per heavy atom. The monoisotopic (exact) mass is 177 g/mol. The number of hydrogen-bond acceptors (Lipinski definition) is 3. The predicted octanol–water partition coefficient (Wildman–Crippen LogP) is 0.482. The Hall–Kier alpha value is -0.160. The van der Waals surface area contributed by atoms with Gasteiger partial charge in [0.1, 0.15) is 5.54 Å². The third-order valence-corrected chi connectivity index (χ3v) is 1.20. The van der Waals surface area contributed by atoms with Gasteiger partial charge in [0, 0.05) is 0 Å². The van der Waals surface area contributed by atoms with E-state index in [1.807, 2.05) is 34.6 Å². The molecule has 0 fully saturated rings. The molecule has 0 aromatic heterocycles. The van der Waals surface area contributed by atoms with Gasteiger partial charge in [-0.25, -0.2) is 5.23 Å². The lowest BCUT2D eigenvalue weighted by atomic mass is 10.1. The molecular weight excluding hydrogens is 158 g/mol. The van der Waals surface area contributed by atoms with E-state index in [0.29, 0.717) is 0 Å².